The molecule has 0 amide bonds. The summed E-state index contributed by atoms with van der Waals surface area (Å²) in [4.78, 5) is 43.6. The molecule has 3 heterocycles. The van der Waals surface area contributed by atoms with Crippen molar-refractivity contribution >= 4 is 29.4 Å². The molecule has 10 nitrogen and oxygen atoms in total. The third-order valence-corrected chi connectivity index (χ3v) is 7.66. The van der Waals surface area contributed by atoms with Gasteiger partial charge in [0.1, 0.15) is 11.5 Å². The molecule has 1 aliphatic rings. The number of carboxylic acids is 1. The van der Waals surface area contributed by atoms with Crippen LogP contribution in [0.3, 0.4) is 0 Å². The van der Waals surface area contributed by atoms with Crippen LogP contribution in [0.15, 0.2) is 80.1 Å². The molecular weight excluding hydrogens is 572 g/mol. The highest BCUT2D eigenvalue weighted by atomic mass is 32.1. The first-order valence-electron chi connectivity index (χ1n) is 13.6. The van der Waals surface area contributed by atoms with Crippen LogP contribution in [0.4, 0.5) is 0 Å². The van der Waals surface area contributed by atoms with E-state index in [1.807, 2.05) is 13.8 Å². The van der Waals surface area contributed by atoms with E-state index in [9.17, 15) is 19.5 Å². The molecule has 1 aliphatic heterocycles. The highest BCUT2D eigenvalue weighted by Gasteiger charge is 2.34. The van der Waals surface area contributed by atoms with E-state index in [4.69, 9.17) is 18.6 Å². The summed E-state index contributed by atoms with van der Waals surface area (Å²) in [5.74, 6) is 0.244. The zero-order valence-electron chi connectivity index (χ0n) is 24.2. The minimum absolute atomic E-state index is 0.0853. The molecule has 4 aromatic rings. The van der Waals surface area contributed by atoms with E-state index in [1.165, 1.54) is 35.1 Å². The van der Waals surface area contributed by atoms with Crippen LogP contribution in [0.2, 0.25) is 0 Å². The van der Waals surface area contributed by atoms with Gasteiger partial charge in [-0.25, -0.2) is 14.6 Å². The summed E-state index contributed by atoms with van der Waals surface area (Å²) in [6.07, 6.45) is 1.52. The maximum absolute atomic E-state index is 13.9. The molecule has 0 saturated heterocycles. The van der Waals surface area contributed by atoms with E-state index in [0.717, 1.165) is 0 Å². The summed E-state index contributed by atoms with van der Waals surface area (Å²) in [7, 11) is 1.53. The second-order valence-corrected chi connectivity index (χ2v) is 11.0. The van der Waals surface area contributed by atoms with Crippen molar-refractivity contribution in [2.75, 3.05) is 13.7 Å². The highest BCUT2D eigenvalue weighted by Crippen LogP contribution is 2.36. The number of furan rings is 1. The van der Waals surface area contributed by atoms with Gasteiger partial charge in [-0.2, -0.15) is 0 Å². The lowest BCUT2D eigenvalue weighted by Gasteiger charge is -2.25. The number of benzene rings is 2. The van der Waals surface area contributed by atoms with Gasteiger partial charge in [0.15, 0.2) is 16.3 Å². The van der Waals surface area contributed by atoms with Gasteiger partial charge in [0.2, 0.25) is 0 Å². The van der Waals surface area contributed by atoms with Crippen molar-refractivity contribution in [2.45, 2.75) is 39.8 Å². The first-order valence-corrected chi connectivity index (χ1v) is 14.4. The van der Waals surface area contributed by atoms with Crippen LogP contribution in [0.1, 0.15) is 55.4 Å². The lowest BCUT2D eigenvalue weighted by atomic mass is 9.95. The topological polar surface area (TPSA) is 130 Å². The van der Waals surface area contributed by atoms with Crippen LogP contribution < -0.4 is 24.4 Å². The Labute approximate surface area is 250 Å². The quantitative estimate of drug-likeness (QED) is 0.276. The minimum Gasteiger partial charge on any atom is -0.493 e. The second kappa shape index (κ2) is 12.1. The molecule has 0 bridgehead atoms. The molecule has 1 atom stereocenters. The molecule has 2 aromatic carbocycles. The molecule has 2 aromatic heterocycles. The number of carbonyl (C=O) groups excluding carboxylic acids is 1. The zero-order valence-corrected chi connectivity index (χ0v) is 25.1. The van der Waals surface area contributed by atoms with Crippen LogP contribution in [-0.4, -0.2) is 41.4 Å². The lowest BCUT2D eigenvalue weighted by molar-refractivity contribution is -0.139. The number of rotatable bonds is 9. The maximum Gasteiger partial charge on any atom is 0.338 e. The van der Waals surface area contributed by atoms with E-state index in [-0.39, 0.29) is 29.4 Å². The number of thiazole rings is 1. The van der Waals surface area contributed by atoms with Crippen LogP contribution in [0, 0.1) is 0 Å². The molecule has 0 fully saturated rings. The summed E-state index contributed by atoms with van der Waals surface area (Å²) >= 11 is 1.17. The number of fused-ring (bicyclic) bond motifs is 1. The number of ether oxygens (including phenoxy) is 3. The van der Waals surface area contributed by atoms with Gasteiger partial charge in [0.25, 0.3) is 5.56 Å². The Morgan fingerprint density at radius 3 is 2.63 bits per heavy atom. The number of carbonyl (C=O) groups is 2. The standard InChI is InChI=1S/C32H30N2O8S/c1-6-40-31(38)27-18(4)33-32-34(28(27)20-10-12-24(41-17(2)3)25(15-20)39-5)29(35)26(43-32)16-22-11-13-23(42-22)19-8-7-9-21(14-19)30(36)37/h7-17,28H,6H2,1-5H3,(H,36,37)/b26-16+/t28-/m1/s1. The molecule has 0 unspecified atom stereocenters. The molecule has 0 spiro atoms. The third-order valence-electron chi connectivity index (χ3n) is 6.68. The van der Waals surface area contributed by atoms with Gasteiger partial charge in [-0.05, 0) is 69.7 Å². The average molecular weight is 603 g/mol. The van der Waals surface area contributed by atoms with Gasteiger partial charge >= 0.3 is 11.9 Å². The van der Waals surface area contributed by atoms with Crippen LogP contribution in [0.5, 0.6) is 11.5 Å². The zero-order chi connectivity index (χ0) is 30.8. The van der Waals surface area contributed by atoms with Crippen molar-refractivity contribution in [3.63, 3.8) is 0 Å². The van der Waals surface area contributed by atoms with Crippen molar-refractivity contribution in [3.8, 4) is 22.8 Å². The number of carboxylic acid groups (broad SMARTS) is 1. The Kier molecular flexibility index (Phi) is 8.36. The third kappa shape index (κ3) is 5.89. The van der Waals surface area contributed by atoms with Crippen molar-refractivity contribution in [3.05, 3.63) is 102 Å². The molecular formula is C32H30N2O8S. The number of aromatic carboxylic acids is 1. The number of esters is 1. The van der Waals surface area contributed by atoms with Gasteiger partial charge < -0.3 is 23.7 Å². The van der Waals surface area contributed by atoms with Crippen LogP contribution >= 0.6 is 11.3 Å². The SMILES string of the molecule is CCOC(=O)C1=C(C)N=c2s/c(=C/c3ccc(-c4cccc(C(=O)O)c4)o3)c(=O)n2[C@@H]1c1ccc(OC(C)C)c(OC)c1. The van der Waals surface area contributed by atoms with Crippen LogP contribution in [-0.2, 0) is 9.53 Å². The first kappa shape index (κ1) is 29.6. The predicted octanol–water partition coefficient (Wildman–Crippen LogP) is 4.55. The van der Waals surface area contributed by atoms with Gasteiger partial charge in [0, 0.05) is 11.6 Å². The fraction of sp³-hybridized carbons (Fsp3) is 0.250. The molecule has 0 aliphatic carbocycles. The summed E-state index contributed by atoms with van der Waals surface area (Å²) in [6.45, 7) is 7.41. The van der Waals surface area contributed by atoms with Crippen LogP contribution in [0.25, 0.3) is 17.4 Å². The van der Waals surface area contributed by atoms with E-state index < -0.39 is 18.0 Å². The van der Waals surface area contributed by atoms with Gasteiger partial charge in [-0.15, -0.1) is 0 Å². The van der Waals surface area contributed by atoms with E-state index in [0.29, 0.717) is 49.2 Å². The molecule has 11 heteroatoms. The van der Waals surface area contributed by atoms with E-state index >= 15 is 0 Å². The van der Waals surface area contributed by atoms with Crippen molar-refractivity contribution < 1.29 is 33.3 Å². The Morgan fingerprint density at radius 2 is 1.93 bits per heavy atom. The number of hydrogen-bond acceptors (Lipinski definition) is 9. The van der Waals surface area contributed by atoms with Crippen molar-refractivity contribution in [2.24, 2.45) is 4.99 Å². The fourth-order valence-corrected chi connectivity index (χ4v) is 5.86. The predicted molar refractivity (Wildman–Crippen MR) is 160 cm³/mol. The van der Waals surface area contributed by atoms with E-state index in [1.54, 1.807) is 62.4 Å². The number of methoxy groups -OCH3 is 1. The largest absolute Gasteiger partial charge is 0.493 e. The molecule has 1 N–H and O–H groups in total. The lowest BCUT2D eigenvalue weighted by Crippen LogP contribution is -2.40. The Morgan fingerprint density at radius 1 is 1.14 bits per heavy atom. The summed E-state index contributed by atoms with van der Waals surface area (Å²) in [6, 6.07) is 14.3. The Balaban J connectivity index is 1.63. The monoisotopic (exact) mass is 602 g/mol. The number of nitrogens with zero attached hydrogens (tertiary/aromatic N) is 2. The Bertz CT molecular complexity index is 1930. The molecule has 5 rings (SSSR count). The summed E-state index contributed by atoms with van der Waals surface area (Å²) in [5, 5.41) is 9.32. The molecule has 222 valence electrons. The Hall–Kier alpha value is -4.90. The normalized spacial score (nSPS) is 14.8. The molecule has 43 heavy (non-hydrogen) atoms. The average Bonchev–Trinajstić information content (AvgIpc) is 3.56. The molecule has 0 radical (unpaired) electrons. The van der Waals surface area contributed by atoms with E-state index in [2.05, 4.69) is 4.99 Å². The van der Waals surface area contributed by atoms with Crippen molar-refractivity contribution in [1.29, 1.82) is 0 Å². The molecule has 0 saturated carbocycles. The highest BCUT2D eigenvalue weighted by molar-refractivity contribution is 7.07. The summed E-state index contributed by atoms with van der Waals surface area (Å²) in [5.41, 5.74) is 1.67. The summed E-state index contributed by atoms with van der Waals surface area (Å²) < 4.78 is 24.6. The van der Waals surface area contributed by atoms with Crippen molar-refractivity contribution in [1.82, 2.24) is 4.57 Å². The number of hydrogen-bond donors (Lipinski definition) is 1. The minimum atomic E-state index is -1.04. The smallest absolute Gasteiger partial charge is 0.338 e. The van der Waals surface area contributed by atoms with Gasteiger partial charge in [-0.1, -0.05) is 29.5 Å². The van der Waals surface area contributed by atoms with Gasteiger partial charge in [0.05, 0.1) is 47.2 Å². The first-order chi connectivity index (χ1) is 20.6. The second-order valence-electron chi connectivity index (χ2n) is 9.97. The fourth-order valence-electron chi connectivity index (χ4n) is 4.83. The van der Waals surface area contributed by atoms with Gasteiger partial charge in [-0.3, -0.25) is 9.36 Å². The number of allylic oxidation sites excluding steroid dienone is 1. The maximum atomic E-state index is 13.9. The number of aromatic nitrogens is 1.